The van der Waals surface area contributed by atoms with Crippen LogP contribution in [0.4, 0.5) is 0 Å². The fourth-order valence-corrected chi connectivity index (χ4v) is 1.68. The maximum absolute atomic E-state index is 11.5. The largest absolute Gasteiger partial charge is 0.459 e. The van der Waals surface area contributed by atoms with Crippen molar-refractivity contribution >= 4 is 11.9 Å². The van der Waals surface area contributed by atoms with Gasteiger partial charge >= 0.3 is 11.9 Å². The lowest BCUT2D eigenvalue weighted by Gasteiger charge is -2.07. The summed E-state index contributed by atoms with van der Waals surface area (Å²) in [5, 5.41) is 2.55. The van der Waals surface area contributed by atoms with Crippen LogP contribution in [0.25, 0.3) is 0 Å². The second-order valence-electron chi connectivity index (χ2n) is 5.34. The molecule has 0 aliphatic carbocycles. The zero-order chi connectivity index (χ0) is 15.0. The summed E-state index contributed by atoms with van der Waals surface area (Å²) in [6.45, 7) is 6.85. The van der Waals surface area contributed by atoms with Crippen molar-refractivity contribution in [2.24, 2.45) is 5.92 Å². The Morgan fingerprint density at radius 1 is 1.20 bits per heavy atom. The van der Waals surface area contributed by atoms with Crippen LogP contribution < -0.4 is 5.32 Å². The van der Waals surface area contributed by atoms with E-state index in [2.05, 4.69) is 19.2 Å². The number of ether oxygens (including phenoxy) is 1. The highest BCUT2D eigenvalue weighted by atomic mass is 16.5. The molecule has 1 aromatic carbocycles. The van der Waals surface area contributed by atoms with E-state index in [1.807, 2.05) is 31.2 Å². The third-order valence-electron chi connectivity index (χ3n) is 2.92. The van der Waals surface area contributed by atoms with E-state index in [1.54, 1.807) is 0 Å². The molecule has 1 rings (SSSR count). The summed E-state index contributed by atoms with van der Waals surface area (Å²) in [7, 11) is 0. The standard InChI is InChI=1S/C16H23NO3/c1-12(2)5-4-10-20-16(19)15(18)17-11-14-8-6-13(3)7-9-14/h6-9,12H,4-5,10-11H2,1-3H3,(H,17,18). The van der Waals surface area contributed by atoms with Gasteiger partial charge in [-0.1, -0.05) is 43.7 Å². The minimum absolute atomic E-state index is 0.301. The molecule has 0 radical (unpaired) electrons. The van der Waals surface area contributed by atoms with E-state index in [4.69, 9.17) is 4.74 Å². The molecule has 0 heterocycles. The maximum atomic E-state index is 11.5. The van der Waals surface area contributed by atoms with Crippen molar-refractivity contribution in [1.82, 2.24) is 5.32 Å². The van der Waals surface area contributed by atoms with Crippen molar-refractivity contribution in [2.75, 3.05) is 6.61 Å². The summed E-state index contributed by atoms with van der Waals surface area (Å²) in [5.41, 5.74) is 2.11. The molecule has 0 aliphatic rings. The van der Waals surface area contributed by atoms with Gasteiger partial charge in [0, 0.05) is 6.54 Å². The number of esters is 1. The molecule has 0 atom stereocenters. The van der Waals surface area contributed by atoms with Crippen LogP contribution in [-0.2, 0) is 20.9 Å². The Morgan fingerprint density at radius 3 is 2.45 bits per heavy atom. The molecule has 20 heavy (non-hydrogen) atoms. The number of carbonyl (C=O) groups is 2. The number of rotatable bonds is 6. The number of amides is 1. The zero-order valence-electron chi connectivity index (χ0n) is 12.4. The molecule has 4 nitrogen and oxygen atoms in total. The number of hydrogen-bond acceptors (Lipinski definition) is 3. The van der Waals surface area contributed by atoms with Gasteiger partial charge in [0.2, 0.25) is 0 Å². The molecule has 4 heteroatoms. The number of hydrogen-bond donors (Lipinski definition) is 1. The monoisotopic (exact) mass is 277 g/mol. The molecule has 0 fully saturated rings. The van der Waals surface area contributed by atoms with Crippen molar-refractivity contribution in [2.45, 2.75) is 40.2 Å². The number of benzene rings is 1. The third kappa shape index (κ3) is 6.36. The van der Waals surface area contributed by atoms with Gasteiger partial charge in [-0.2, -0.15) is 0 Å². The van der Waals surface area contributed by atoms with Crippen LogP contribution in [0.5, 0.6) is 0 Å². The van der Waals surface area contributed by atoms with Crippen LogP contribution in [-0.4, -0.2) is 18.5 Å². The predicted molar refractivity (Wildman–Crippen MR) is 78.1 cm³/mol. The second kappa shape index (κ2) is 8.35. The van der Waals surface area contributed by atoms with Crippen molar-refractivity contribution in [1.29, 1.82) is 0 Å². The second-order valence-corrected chi connectivity index (χ2v) is 5.34. The lowest BCUT2D eigenvalue weighted by molar-refractivity contribution is -0.155. The van der Waals surface area contributed by atoms with Gasteiger partial charge in [0.25, 0.3) is 0 Å². The summed E-state index contributed by atoms with van der Waals surface area (Å²) in [6.07, 6.45) is 1.77. The molecule has 0 aromatic heterocycles. The smallest absolute Gasteiger partial charge is 0.396 e. The van der Waals surface area contributed by atoms with Crippen LogP contribution in [0, 0.1) is 12.8 Å². The van der Waals surface area contributed by atoms with Gasteiger partial charge in [0.05, 0.1) is 6.61 Å². The molecular weight excluding hydrogens is 254 g/mol. The van der Waals surface area contributed by atoms with Crippen LogP contribution in [0.1, 0.15) is 37.8 Å². The average Bonchev–Trinajstić information content (AvgIpc) is 2.42. The summed E-state index contributed by atoms with van der Waals surface area (Å²) in [5.74, 6) is -0.917. The van der Waals surface area contributed by atoms with Gasteiger partial charge < -0.3 is 10.1 Å². The highest BCUT2D eigenvalue weighted by Gasteiger charge is 2.14. The van der Waals surface area contributed by atoms with Gasteiger partial charge in [-0.15, -0.1) is 0 Å². The molecule has 0 unspecified atom stereocenters. The van der Waals surface area contributed by atoms with E-state index >= 15 is 0 Å². The number of nitrogens with one attached hydrogen (secondary N) is 1. The van der Waals surface area contributed by atoms with Gasteiger partial charge in [-0.25, -0.2) is 4.79 Å². The Hall–Kier alpha value is -1.84. The lowest BCUT2D eigenvalue weighted by atomic mass is 10.1. The zero-order valence-corrected chi connectivity index (χ0v) is 12.4. The quantitative estimate of drug-likeness (QED) is 0.494. The Balaban J connectivity index is 2.24. The van der Waals surface area contributed by atoms with Crippen molar-refractivity contribution in [3.63, 3.8) is 0 Å². The number of carbonyl (C=O) groups excluding carboxylic acids is 2. The van der Waals surface area contributed by atoms with E-state index < -0.39 is 11.9 Å². The minimum atomic E-state index is -0.805. The van der Waals surface area contributed by atoms with Crippen LogP contribution in [0.15, 0.2) is 24.3 Å². The molecule has 0 aliphatic heterocycles. The maximum Gasteiger partial charge on any atom is 0.396 e. The first-order chi connectivity index (χ1) is 9.49. The third-order valence-corrected chi connectivity index (χ3v) is 2.92. The fraction of sp³-hybridized carbons (Fsp3) is 0.500. The predicted octanol–water partition coefficient (Wildman–Crippen LogP) is 2.59. The van der Waals surface area contributed by atoms with Crippen molar-refractivity contribution in [3.8, 4) is 0 Å². The molecule has 0 saturated heterocycles. The molecule has 1 N–H and O–H groups in total. The molecule has 1 amide bonds. The Morgan fingerprint density at radius 2 is 1.85 bits per heavy atom. The van der Waals surface area contributed by atoms with Gasteiger partial charge in [-0.3, -0.25) is 4.79 Å². The first kappa shape index (κ1) is 16.2. The lowest BCUT2D eigenvalue weighted by Crippen LogP contribution is -2.32. The molecule has 1 aromatic rings. The van der Waals surface area contributed by atoms with Crippen LogP contribution in [0.3, 0.4) is 0 Å². The van der Waals surface area contributed by atoms with E-state index in [1.165, 1.54) is 0 Å². The van der Waals surface area contributed by atoms with Gasteiger partial charge in [0.1, 0.15) is 0 Å². The van der Waals surface area contributed by atoms with Gasteiger partial charge in [-0.05, 0) is 31.2 Å². The summed E-state index contributed by atoms with van der Waals surface area (Å²) in [4.78, 5) is 23.0. The van der Waals surface area contributed by atoms with E-state index in [0.29, 0.717) is 19.1 Å². The Kier molecular flexibility index (Phi) is 6.77. The highest BCUT2D eigenvalue weighted by molar-refractivity contribution is 6.32. The highest BCUT2D eigenvalue weighted by Crippen LogP contribution is 2.04. The van der Waals surface area contributed by atoms with E-state index in [0.717, 1.165) is 24.0 Å². The first-order valence-electron chi connectivity index (χ1n) is 6.99. The minimum Gasteiger partial charge on any atom is -0.459 e. The number of aryl methyl sites for hydroxylation is 1. The normalized spacial score (nSPS) is 10.4. The average molecular weight is 277 g/mol. The summed E-state index contributed by atoms with van der Waals surface area (Å²) >= 11 is 0. The topological polar surface area (TPSA) is 55.4 Å². The Labute approximate surface area is 120 Å². The first-order valence-corrected chi connectivity index (χ1v) is 6.99. The van der Waals surface area contributed by atoms with Gasteiger partial charge in [0.15, 0.2) is 0 Å². The van der Waals surface area contributed by atoms with Crippen LogP contribution >= 0.6 is 0 Å². The summed E-state index contributed by atoms with van der Waals surface area (Å²) in [6, 6.07) is 7.77. The molecular formula is C16H23NO3. The van der Waals surface area contributed by atoms with Crippen molar-refractivity contribution < 1.29 is 14.3 Å². The molecule has 0 spiro atoms. The molecule has 0 bridgehead atoms. The van der Waals surface area contributed by atoms with Crippen LogP contribution in [0.2, 0.25) is 0 Å². The van der Waals surface area contributed by atoms with Crippen molar-refractivity contribution in [3.05, 3.63) is 35.4 Å². The Bertz CT molecular complexity index is 438. The van der Waals surface area contributed by atoms with E-state index in [-0.39, 0.29) is 0 Å². The van der Waals surface area contributed by atoms with E-state index in [9.17, 15) is 9.59 Å². The molecule has 0 saturated carbocycles. The fourth-order valence-electron chi connectivity index (χ4n) is 1.68. The SMILES string of the molecule is Cc1ccc(CNC(=O)C(=O)OCCCC(C)C)cc1. The summed E-state index contributed by atoms with van der Waals surface area (Å²) < 4.78 is 4.91. The molecule has 110 valence electrons.